The van der Waals surface area contributed by atoms with Gasteiger partial charge in [0.25, 0.3) is 0 Å². The number of halogens is 1. The Labute approximate surface area is 186 Å². The SMILES string of the molecule is COc1cccc(N(C(=O)OCC2CCC(COCC(=O)O)CC2)c2cccc(F)c2)c1. The van der Waals surface area contributed by atoms with E-state index in [0.29, 0.717) is 29.6 Å². The van der Waals surface area contributed by atoms with Crippen LogP contribution >= 0.6 is 0 Å². The summed E-state index contributed by atoms with van der Waals surface area (Å²) >= 11 is 0. The minimum absolute atomic E-state index is 0.217. The van der Waals surface area contributed by atoms with Crippen molar-refractivity contribution in [2.75, 3.05) is 31.8 Å². The van der Waals surface area contributed by atoms with Gasteiger partial charge < -0.3 is 19.3 Å². The normalized spacial score (nSPS) is 18.1. The van der Waals surface area contributed by atoms with Gasteiger partial charge in [-0.3, -0.25) is 0 Å². The van der Waals surface area contributed by atoms with E-state index in [-0.39, 0.29) is 19.1 Å². The molecule has 0 aromatic heterocycles. The molecule has 1 fully saturated rings. The zero-order valence-corrected chi connectivity index (χ0v) is 18.0. The van der Waals surface area contributed by atoms with Crippen molar-refractivity contribution in [3.63, 3.8) is 0 Å². The second-order valence-electron chi connectivity index (χ2n) is 7.89. The molecule has 0 saturated heterocycles. The van der Waals surface area contributed by atoms with Crippen LogP contribution in [0.5, 0.6) is 5.75 Å². The van der Waals surface area contributed by atoms with Crippen LogP contribution in [0.1, 0.15) is 25.7 Å². The second kappa shape index (κ2) is 11.5. The average molecular weight is 445 g/mol. The Morgan fingerprint density at radius 3 is 2.25 bits per heavy atom. The van der Waals surface area contributed by atoms with E-state index in [1.165, 1.54) is 24.1 Å². The first kappa shape index (κ1) is 23.5. The van der Waals surface area contributed by atoms with Crippen molar-refractivity contribution in [1.29, 1.82) is 0 Å². The largest absolute Gasteiger partial charge is 0.497 e. The fourth-order valence-corrected chi connectivity index (χ4v) is 3.86. The molecule has 0 aliphatic heterocycles. The first-order chi connectivity index (χ1) is 15.5. The summed E-state index contributed by atoms with van der Waals surface area (Å²) in [5, 5.41) is 8.66. The summed E-state index contributed by atoms with van der Waals surface area (Å²) in [5.74, 6) is -0.313. The third-order valence-corrected chi connectivity index (χ3v) is 5.55. The van der Waals surface area contributed by atoms with E-state index in [4.69, 9.17) is 19.3 Å². The highest BCUT2D eigenvalue weighted by Crippen LogP contribution is 2.32. The average Bonchev–Trinajstić information content (AvgIpc) is 2.79. The van der Waals surface area contributed by atoms with Gasteiger partial charge in [-0.2, -0.15) is 0 Å². The number of benzene rings is 2. The lowest BCUT2D eigenvalue weighted by Gasteiger charge is -2.29. The highest BCUT2D eigenvalue weighted by atomic mass is 19.1. The van der Waals surface area contributed by atoms with Crippen LogP contribution in [0.25, 0.3) is 0 Å². The monoisotopic (exact) mass is 445 g/mol. The Kier molecular flexibility index (Phi) is 8.44. The number of carboxylic acid groups (broad SMARTS) is 1. The van der Waals surface area contributed by atoms with Crippen LogP contribution in [0, 0.1) is 17.7 Å². The molecule has 0 unspecified atom stereocenters. The van der Waals surface area contributed by atoms with Crippen molar-refractivity contribution in [1.82, 2.24) is 0 Å². The van der Waals surface area contributed by atoms with Crippen LogP contribution < -0.4 is 9.64 Å². The van der Waals surface area contributed by atoms with Crippen molar-refractivity contribution in [2.45, 2.75) is 25.7 Å². The van der Waals surface area contributed by atoms with E-state index in [0.717, 1.165) is 25.7 Å². The van der Waals surface area contributed by atoms with Crippen LogP contribution in [-0.2, 0) is 14.3 Å². The molecule has 7 nitrogen and oxygen atoms in total. The molecule has 0 radical (unpaired) electrons. The first-order valence-corrected chi connectivity index (χ1v) is 10.6. The maximum Gasteiger partial charge on any atom is 0.418 e. The van der Waals surface area contributed by atoms with Gasteiger partial charge in [-0.15, -0.1) is 0 Å². The predicted octanol–water partition coefficient (Wildman–Crippen LogP) is 5.02. The highest BCUT2D eigenvalue weighted by Gasteiger charge is 2.25. The topological polar surface area (TPSA) is 85.3 Å². The highest BCUT2D eigenvalue weighted by molar-refractivity contribution is 5.96. The number of carboxylic acids is 1. The Morgan fingerprint density at radius 2 is 1.62 bits per heavy atom. The number of anilines is 2. The lowest BCUT2D eigenvalue weighted by molar-refractivity contribution is -0.142. The van der Waals surface area contributed by atoms with Gasteiger partial charge in [0.15, 0.2) is 0 Å². The van der Waals surface area contributed by atoms with Crippen molar-refractivity contribution in [3.05, 3.63) is 54.3 Å². The van der Waals surface area contributed by atoms with Gasteiger partial charge in [0.1, 0.15) is 18.2 Å². The quantitative estimate of drug-likeness (QED) is 0.584. The van der Waals surface area contributed by atoms with Gasteiger partial charge in [0.2, 0.25) is 0 Å². The fraction of sp³-hybridized carbons (Fsp3) is 0.417. The van der Waals surface area contributed by atoms with Crippen molar-refractivity contribution in [3.8, 4) is 5.75 Å². The Bertz CT molecular complexity index is 913. The zero-order chi connectivity index (χ0) is 22.9. The molecule has 0 bridgehead atoms. The number of hydrogen-bond acceptors (Lipinski definition) is 5. The summed E-state index contributed by atoms with van der Waals surface area (Å²) in [7, 11) is 1.53. The summed E-state index contributed by atoms with van der Waals surface area (Å²) in [5.41, 5.74) is 0.877. The Balaban J connectivity index is 1.61. The Hall–Kier alpha value is -3.13. The van der Waals surface area contributed by atoms with Crippen LogP contribution in [0.4, 0.5) is 20.6 Å². The lowest BCUT2D eigenvalue weighted by Crippen LogP contribution is -2.30. The summed E-state index contributed by atoms with van der Waals surface area (Å²) in [6, 6.07) is 12.7. The van der Waals surface area contributed by atoms with Crippen LogP contribution in [-0.4, -0.2) is 44.1 Å². The molecule has 8 heteroatoms. The molecule has 172 valence electrons. The molecule has 0 atom stereocenters. The third kappa shape index (κ3) is 6.68. The number of carbonyl (C=O) groups excluding carboxylic acids is 1. The van der Waals surface area contributed by atoms with Crippen LogP contribution in [0.15, 0.2) is 48.5 Å². The van der Waals surface area contributed by atoms with E-state index in [1.807, 2.05) is 0 Å². The molecule has 1 aliphatic carbocycles. The summed E-state index contributed by atoms with van der Waals surface area (Å²) in [6.45, 7) is 0.414. The standard InChI is InChI=1S/C24H28FNO6/c1-30-22-7-3-6-21(13-22)26(20-5-2-4-19(25)12-20)24(29)32-15-18-10-8-17(9-11-18)14-31-16-23(27)28/h2-7,12-13,17-18H,8-11,14-16H2,1H3,(H,27,28). The van der Waals surface area contributed by atoms with Gasteiger partial charge >= 0.3 is 12.1 Å². The van der Waals surface area contributed by atoms with Gasteiger partial charge in [-0.25, -0.2) is 18.9 Å². The van der Waals surface area contributed by atoms with Crippen molar-refractivity contribution in [2.24, 2.45) is 11.8 Å². The number of amides is 1. The zero-order valence-electron chi connectivity index (χ0n) is 18.0. The molecule has 2 aromatic carbocycles. The van der Waals surface area contributed by atoms with E-state index in [9.17, 15) is 14.0 Å². The number of methoxy groups -OCH3 is 1. The molecule has 1 saturated carbocycles. The molecule has 1 aliphatic rings. The van der Waals surface area contributed by atoms with Crippen molar-refractivity contribution < 1.29 is 33.3 Å². The maximum atomic E-state index is 13.9. The number of ether oxygens (including phenoxy) is 3. The van der Waals surface area contributed by atoms with Gasteiger partial charge in [-0.1, -0.05) is 12.1 Å². The van der Waals surface area contributed by atoms with Crippen LogP contribution in [0.3, 0.4) is 0 Å². The minimum atomic E-state index is -0.968. The van der Waals surface area contributed by atoms with Crippen molar-refractivity contribution >= 4 is 23.4 Å². The number of hydrogen-bond donors (Lipinski definition) is 1. The summed E-state index contributed by atoms with van der Waals surface area (Å²) < 4.78 is 29.9. The van der Waals surface area contributed by atoms with E-state index < -0.39 is 17.9 Å². The van der Waals surface area contributed by atoms with Gasteiger partial charge in [0.05, 0.1) is 31.7 Å². The van der Waals surface area contributed by atoms with E-state index in [2.05, 4.69) is 0 Å². The molecular formula is C24H28FNO6. The van der Waals surface area contributed by atoms with E-state index >= 15 is 0 Å². The maximum absolute atomic E-state index is 13.9. The van der Waals surface area contributed by atoms with Crippen LogP contribution in [0.2, 0.25) is 0 Å². The number of rotatable bonds is 9. The molecular weight excluding hydrogens is 417 g/mol. The van der Waals surface area contributed by atoms with Gasteiger partial charge in [-0.05, 0) is 67.9 Å². The molecule has 3 rings (SSSR count). The van der Waals surface area contributed by atoms with Gasteiger partial charge in [0, 0.05) is 6.07 Å². The second-order valence-corrected chi connectivity index (χ2v) is 7.89. The minimum Gasteiger partial charge on any atom is -0.497 e. The third-order valence-electron chi connectivity index (χ3n) is 5.55. The first-order valence-electron chi connectivity index (χ1n) is 10.6. The molecule has 0 spiro atoms. The van der Waals surface area contributed by atoms with E-state index in [1.54, 1.807) is 36.4 Å². The lowest BCUT2D eigenvalue weighted by atomic mass is 9.83. The number of nitrogens with zero attached hydrogens (tertiary/aromatic N) is 1. The predicted molar refractivity (Wildman–Crippen MR) is 117 cm³/mol. The number of carbonyl (C=O) groups is 2. The summed E-state index contributed by atoms with van der Waals surface area (Å²) in [6.07, 6.45) is 2.94. The Morgan fingerprint density at radius 1 is 1.00 bits per heavy atom. The molecule has 1 N–H and O–H groups in total. The molecule has 1 amide bonds. The fourth-order valence-electron chi connectivity index (χ4n) is 3.86. The molecule has 2 aromatic rings. The summed E-state index contributed by atoms with van der Waals surface area (Å²) in [4.78, 5) is 24.9. The number of aliphatic carboxylic acids is 1. The molecule has 0 heterocycles. The molecule has 32 heavy (non-hydrogen) atoms. The smallest absolute Gasteiger partial charge is 0.418 e.